The Balaban J connectivity index is 2.10. The lowest BCUT2D eigenvalue weighted by molar-refractivity contribution is 0.319. The molecule has 0 saturated carbocycles. The van der Waals surface area contributed by atoms with Gasteiger partial charge in [-0.25, -0.2) is 4.98 Å². The quantitative estimate of drug-likeness (QED) is 0.769. The Bertz CT molecular complexity index is 608. The van der Waals surface area contributed by atoms with Crippen molar-refractivity contribution >= 4 is 5.82 Å². The highest BCUT2D eigenvalue weighted by Crippen LogP contribution is 2.23. The molecular weight excluding hydrogens is 220 g/mol. The molecule has 3 rings (SSSR count). The third kappa shape index (κ3) is 1.73. The number of hydrogen-bond acceptors (Lipinski definition) is 5. The summed E-state index contributed by atoms with van der Waals surface area (Å²) in [6, 6.07) is 4.90. The number of ether oxygens (including phenoxy) is 1. The van der Waals surface area contributed by atoms with Gasteiger partial charge in [-0.2, -0.15) is 4.98 Å². The number of fused-ring (bicyclic) bond motifs is 1. The van der Waals surface area contributed by atoms with Crippen LogP contribution in [0, 0.1) is 0 Å². The number of nitrogens with zero attached hydrogens (tertiary/aromatic N) is 3. The summed E-state index contributed by atoms with van der Waals surface area (Å²) in [4.78, 5) is 20.0. The Kier molecular flexibility index (Phi) is 2.25. The van der Waals surface area contributed by atoms with Crippen molar-refractivity contribution in [3.05, 3.63) is 40.9 Å². The van der Waals surface area contributed by atoms with Crippen molar-refractivity contribution in [3.8, 4) is 11.7 Å². The number of pyridine rings is 1. The fraction of sp³-hybridized carbons (Fsp3) is 0.182. The van der Waals surface area contributed by atoms with Gasteiger partial charge in [0.05, 0.1) is 12.7 Å². The Morgan fingerprint density at radius 1 is 1.41 bits per heavy atom. The van der Waals surface area contributed by atoms with Gasteiger partial charge >= 0.3 is 0 Å². The van der Waals surface area contributed by atoms with Crippen LogP contribution in [0.25, 0.3) is 5.95 Å². The third-order valence-corrected chi connectivity index (χ3v) is 2.43. The standard InChI is InChI=1S/C11H10N4O2/c16-9-3-1-2-5-15(9)11-13-7-8-10(14-11)12-4-6-17-8/h1-3,5,7H,4,6H2,(H,12,13,14). The van der Waals surface area contributed by atoms with Crippen molar-refractivity contribution in [2.45, 2.75) is 0 Å². The normalized spacial score (nSPS) is 13.4. The van der Waals surface area contributed by atoms with Gasteiger partial charge in [-0.1, -0.05) is 6.07 Å². The molecule has 1 N–H and O–H groups in total. The summed E-state index contributed by atoms with van der Waals surface area (Å²) >= 11 is 0. The number of rotatable bonds is 1. The van der Waals surface area contributed by atoms with Gasteiger partial charge in [0.15, 0.2) is 11.6 Å². The van der Waals surface area contributed by atoms with E-state index in [0.717, 1.165) is 0 Å². The Morgan fingerprint density at radius 2 is 2.35 bits per heavy atom. The van der Waals surface area contributed by atoms with E-state index in [1.54, 1.807) is 24.5 Å². The molecule has 1 aliphatic rings. The van der Waals surface area contributed by atoms with Crippen LogP contribution in [-0.4, -0.2) is 27.7 Å². The van der Waals surface area contributed by atoms with Crippen LogP contribution in [0.15, 0.2) is 35.4 Å². The summed E-state index contributed by atoms with van der Waals surface area (Å²) in [7, 11) is 0. The fourth-order valence-corrected chi connectivity index (χ4v) is 1.63. The van der Waals surface area contributed by atoms with Crippen LogP contribution in [0.1, 0.15) is 0 Å². The van der Waals surface area contributed by atoms with E-state index in [-0.39, 0.29) is 5.56 Å². The second-order valence-corrected chi connectivity index (χ2v) is 3.57. The van der Waals surface area contributed by atoms with E-state index >= 15 is 0 Å². The summed E-state index contributed by atoms with van der Waals surface area (Å²) in [5, 5.41) is 3.10. The maximum absolute atomic E-state index is 11.6. The maximum atomic E-state index is 11.6. The predicted molar refractivity (Wildman–Crippen MR) is 61.6 cm³/mol. The first-order chi connectivity index (χ1) is 8.34. The molecule has 6 nitrogen and oxygen atoms in total. The van der Waals surface area contributed by atoms with Gasteiger partial charge in [0, 0.05) is 12.3 Å². The van der Waals surface area contributed by atoms with Gasteiger partial charge in [0.1, 0.15) is 6.61 Å². The zero-order valence-corrected chi connectivity index (χ0v) is 8.96. The van der Waals surface area contributed by atoms with Crippen LogP contribution in [-0.2, 0) is 0 Å². The molecule has 0 atom stereocenters. The molecule has 2 aromatic rings. The van der Waals surface area contributed by atoms with E-state index in [9.17, 15) is 4.79 Å². The Labute approximate surface area is 96.9 Å². The molecule has 0 aromatic carbocycles. The fourth-order valence-electron chi connectivity index (χ4n) is 1.63. The average molecular weight is 230 g/mol. The largest absolute Gasteiger partial charge is 0.486 e. The summed E-state index contributed by atoms with van der Waals surface area (Å²) < 4.78 is 6.76. The average Bonchev–Trinajstić information content (AvgIpc) is 2.39. The zero-order chi connectivity index (χ0) is 11.7. The number of nitrogens with one attached hydrogen (secondary N) is 1. The SMILES string of the molecule is O=c1ccccn1-c1ncc2c(n1)NCCO2. The van der Waals surface area contributed by atoms with Crippen molar-refractivity contribution in [1.29, 1.82) is 0 Å². The minimum atomic E-state index is -0.163. The highest BCUT2D eigenvalue weighted by molar-refractivity contribution is 5.51. The van der Waals surface area contributed by atoms with Gasteiger partial charge in [-0.05, 0) is 6.07 Å². The first kappa shape index (κ1) is 9.83. The second-order valence-electron chi connectivity index (χ2n) is 3.57. The molecule has 3 heterocycles. The molecule has 6 heteroatoms. The molecule has 2 aromatic heterocycles. The van der Waals surface area contributed by atoms with Crippen LogP contribution in [0.5, 0.6) is 5.75 Å². The molecule has 0 aliphatic carbocycles. The number of anilines is 1. The summed E-state index contributed by atoms with van der Waals surface area (Å²) in [5.41, 5.74) is -0.163. The molecular formula is C11H10N4O2. The van der Waals surface area contributed by atoms with E-state index in [0.29, 0.717) is 30.7 Å². The van der Waals surface area contributed by atoms with E-state index in [2.05, 4.69) is 15.3 Å². The molecule has 0 spiro atoms. The molecule has 0 amide bonds. The van der Waals surface area contributed by atoms with Crippen LogP contribution >= 0.6 is 0 Å². The topological polar surface area (TPSA) is 69.0 Å². The monoisotopic (exact) mass is 230 g/mol. The Hall–Kier alpha value is -2.37. The lowest BCUT2D eigenvalue weighted by atomic mass is 10.4. The number of hydrogen-bond donors (Lipinski definition) is 1. The van der Waals surface area contributed by atoms with Crippen LogP contribution < -0.4 is 15.6 Å². The lowest BCUT2D eigenvalue weighted by Gasteiger charge is -2.17. The van der Waals surface area contributed by atoms with E-state index in [4.69, 9.17) is 4.74 Å². The Morgan fingerprint density at radius 3 is 3.24 bits per heavy atom. The third-order valence-electron chi connectivity index (χ3n) is 2.43. The summed E-state index contributed by atoms with van der Waals surface area (Å²) in [6.45, 7) is 1.30. The van der Waals surface area contributed by atoms with Gasteiger partial charge < -0.3 is 10.1 Å². The molecule has 0 fully saturated rings. The summed E-state index contributed by atoms with van der Waals surface area (Å²) in [6.07, 6.45) is 3.21. The zero-order valence-electron chi connectivity index (χ0n) is 8.96. The first-order valence-corrected chi connectivity index (χ1v) is 5.26. The number of aromatic nitrogens is 3. The molecule has 86 valence electrons. The molecule has 1 aliphatic heterocycles. The summed E-state index contributed by atoms with van der Waals surface area (Å²) in [5.74, 6) is 1.58. The van der Waals surface area contributed by atoms with E-state index < -0.39 is 0 Å². The highest BCUT2D eigenvalue weighted by Gasteiger charge is 2.13. The van der Waals surface area contributed by atoms with Crippen molar-refractivity contribution in [2.24, 2.45) is 0 Å². The smallest absolute Gasteiger partial charge is 0.257 e. The molecule has 0 unspecified atom stereocenters. The maximum Gasteiger partial charge on any atom is 0.257 e. The van der Waals surface area contributed by atoms with Crippen LogP contribution in [0.3, 0.4) is 0 Å². The molecule has 0 radical (unpaired) electrons. The minimum Gasteiger partial charge on any atom is -0.486 e. The first-order valence-electron chi connectivity index (χ1n) is 5.26. The van der Waals surface area contributed by atoms with Crippen LogP contribution in [0.4, 0.5) is 5.82 Å². The van der Waals surface area contributed by atoms with Gasteiger partial charge in [-0.3, -0.25) is 9.36 Å². The van der Waals surface area contributed by atoms with E-state index in [1.165, 1.54) is 10.6 Å². The van der Waals surface area contributed by atoms with E-state index in [1.807, 2.05) is 0 Å². The predicted octanol–water partition coefficient (Wildman–Crippen LogP) is 0.432. The van der Waals surface area contributed by atoms with Crippen molar-refractivity contribution in [1.82, 2.24) is 14.5 Å². The van der Waals surface area contributed by atoms with Crippen LogP contribution in [0.2, 0.25) is 0 Å². The second kappa shape index (κ2) is 3.89. The minimum absolute atomic E-state index is 0.163. The molecule has 0 bridgehead atoms. The lowest BCUT2D eigenvalue weighted by Crippen LogP contribution is -2.22. The van der Waals surface area contributed by atoms with Gasteiger partial charge in [0.2, 0.25) is 5.95 Å². The molecule has 17 heavy (non-hydrogen) atoms. The van der Waals surface area contributed by atoms with Crippen molar-refractivity contribution < 1.29 is 4.74 Å². The van der Waals surface area contributed by atoms with Gasteiger partial charge in [-0.15, -0.1) is 0 Å². The van der Waals surface area contributed by atoms with Gasteiger partial charge in [0.25, 0.3) is 5.56 Å². The highest BCUT2D eigenvalue weighted by atomic mass is 16.5. The van der Waals surface area contributed by atoms with Crippen molar-refractivity contribution in [3.63, 3.8) is 0 Å². The van der Waals surface area contributed by atoms with Crippen molar-refractivity contribution in [2.75, 3.05) is 18.5 Å². The molecule has 0 saturated heterocycles.